The van der Waals surface area contributed by atoms with Crippen LogP contribution >= 0.6 is 27.3 Å². The molecule has 1 fully saturated rings. The largest absolute Gasteiger partial charge is 0.377 e. The van der Waals surface area contributed by atoms with Gasteiger partial charge in [0.15, 0.2) is 0 Å². The smallest absolute Gasteiger partial charge is 0.0634 e. The molecular formula is C15H16BrNS. The molecule has 1 aliphatic carbocycles. The van der Waals surface area contributed by atoms with E-state index in [1.807, 2.05) is 11.3 Å². The molecule has 1 N–H and O–H groups in total. The first kappa shape index (κ1) is 12.2. The SMILES string of the molecule is Cc1ccc(NC(c2cccs2)C2CC2)cc1Br. The van der Waals surface area contributed by atoms with E-state index in [1.54, 1.807) is 0 Å². The second-order valence-corrected chi connectivity index (χ2v) is 6.77. The van der Waals surface area contributed by atoms with Crippen LogP contribution in [0.4, 0.5) is 5.69 Å². The van der Waals surface area contributed by atoms with Crippen molar-refractivity contribution in [2.24, 2.45) is 5.92 Å². The van der Waals surface area contributed by atoms with Crippen LogP contribution in [0.2, 0.25) is 0 Å². The summed E-state index contributed by atoms with van der Waals surface area (Å²) in [6.07, 6.45) is 2.70. The van der Waals surface area contributed by atoms with E-state index in [4.69, 9.17) is 0 Å². The van der Waals surface area contributed by atoms with Crippen LogP contribution in [0, 0.1) is 12.8 Å². The van der Waals surface area contributed by atoms with E-state index in [1.165, 1.54) is 33.4 Å². The van der Waals surface area contributed by atoms with E-state index in [0.717, 1.165) is 5.92 Å². The molecule has 1 atom stereocenters. The minimum atomic E-state index is 0.486. The third kappa shape index (κ3) is 2.62. The molecule has 1 saturated carbocycles. The quantitative estimate of drug-likeness (QED) is 0.796. The molecule has 1 aromatic heterocycles. The summed E-state index contributed by atoms with van der Waals surface area (Å²) in [5.41, 5.74) is 2.48. The number of nitrogens with one attached hydrogen (secondary N) is 1. The van der Waals surface area contributed by atoms with Gasteiger partial charge in [0.25, 0.3) is 0 Å². The van der Waals surface area contributed by atoms with Crippen LogP contribution in [0.3, 0.4) is 0 Å². The highest BCUT2D eigenvalue weighted by Crippen LogP contribution is 2.44. The van der Waals surface area contributed by atoms with Gasteiger partial charge in [0.05, 0.1) is 6.04 Å². The zero-order valence-corrected chi connectivity index (χ0v) is 12.7. The van der Waals surface area contributed by atoms with Crippen molar-refractivity contribution < 1.29 is 0 Å². The molecule has 0 saturated heterocycles. The fraction of sp³-hybridized carbons (Fsp3) is 0.333. The maximum absolute atomic E-state index is 3.69. The molecule has 0 aliphatic heterocycles. The molecule has 0 spiro atoms. The Balaban J connectivity index is 1.82. The van der Waals surface area contributed by atoms with Crippen LogP contribution in [-0.4, -0.2) is 0 Å². The highest BCUT2D eigenvalue weighted by Gasteiger charge is 2.32. The molecule has 1 unspecified atom stereocenters. The van der Waals surface area contributed by atoms with Gasteiger partial charge in [-0.05, 0) is 54.8 Å². The van der Waals surface area contributed by atoms with Crippen molar-refractivity contribution in [3.8, 4) is 0 Å². The van der Waals surface area contributed by atoms with E-state index < -0.39 is 0 Å². The maximum atomic E-state index is 3.69. The van der Waals surface area contributed by atoms with Gasteiger partial charge in [0.2, 0.25) is 0 Å². The second kappa shape index (κ2) is 5.06. The summed E-state index contributed by atoms with van der Waals surface area (Å²) in [5, 5.41) is 5.86. The van der Waals surface area contributed by atoms with Crippen molar-refractivity contribution in [1.82, 2.24) is 0 Å². The van der Waals surface area contributed by atoms with Crippen molar-refractivity contribution in [1.29, 1.82) is 0 Å². The van der Waals surface area contributed by atoms with Crippen molar-refractivity contribution in [3.63, 3.8) is 0 Å². The van der Waals surface area contributed by atoms with Crippen LogP contribution in [0.5, 0.6) is 0 Å². The molecule has 18 heavy (non-hydrogen) atoms. The fourth-order valence-electron chi connectivity index (χ4n) is 2.18. The molecule has 1 aliphatic rings. The van der Waals surface area contributed by atoms with Gasteiger partial charge in [-0.1, -0.05) is 28.1 Å². The Bertz CT molecular complexity index is 531. The van der Waals surface area contributed by atoms with Gasteiger partial charge < -0.3 is 5.32 Å². The van der Waals surface area contributed by atoms with Crippen LogP contribution in [0.25, 0.3) is 0 Å². The van der Waals surface area contributed by atoms with Crippen molar-refractivity contribution in [2.45, 2.75) is 25.8 Å². The van der Waals surface area contributed by atoms with Gasteiger partial charge in [0, 0.05) is 15.0 Å². The maximum Gasteiger partial charge on any atom is 0.0634 e. The van der Waals surface area contributed by atoms with Crippen LogP contribution < -0.4 is 5.32 Å². The molecule has 0 radical (unpaired) electrons. The molecule has 2 aromatic rings. The minimum Gasteiger partial charge on any atom is -0.377 e. The number of rotatable bonds is 4. The zero-order chi connectivity index (χ0) is 12.5. The predicted octanol–water partition coefficient (Wildman–Crippen LogP) is 5.38. The highest BCUT2D eigenvalue weighted by molar-refractivity contribution is 9.10. The Morgan fingerprint density at radius 3 is 2.78 bits per heavy atom. The lowest BCUT2D eigenvalue weighted by Gasteiger charge is -2.18. The van der Waals surface area contributed by atoms with Crippen molar-refractivity contribution in [3.05, 3.63) is 50.6 Å². The first-order chi connectivity index (χ1) is 8.74. The molecular weight excluding hydrogens is 306 g/mol. The molecule has 3 heteroatoms. The molecule has 1 heterocycles. The van der Waals surface area contributed by atoms with Crippen LogP contribution in [0.1, 0.15) is 29.3 Å². The third-order valence-corrected chi connectivity index (χ3v) is 5.25. The Morgan fingerprint density at radius 1 is 1.33 bits per heavy atom. The van der Waals surface area contributed by atoms with Gasteiger partial charge in [-0.2, -0.15) is 0 Å². The third-order valence-electron chi connectivity index (χ3n) is 3.44. The van der Waals surface area contributed by atoms with E-state index >= 15 is 0 Å². The van der Waals surface area contributed by atoms with E-state index in [2.05, 4.69) is 63.9 Å². The summed E-state index contributed by atoms with van der Waals surface area (Å²) >= 11 is 5.45. The van der Waals surface area contributed by atoms with Crippen molar-refractivity contribution >= 4 is 33.0 Å². The Hall–Kier alpha value is -0.800. The number of hydrogen-bond donors (Lipinski definition) is 1. The first-order valence-electron chi connectivity index (χ1n) is 6.30. The Labute approximate surface area is 120 Å². The van der Waals surface area contributed by atoms with Crippen molar-refractivity contribution in [2.75, 3.05) is 5.32 Å². The minimum absolute atomic E-state index is 0.486. The number of aryl methyl sites for hydroxylation is 1. The first-order valence-corrected chi connectivity index (χ1v) is 7.97. The molecule has 3 rings (SSSR count). The van der Waals surface area contributed by atoms with Crippen LogP contribution in [0.15, 0.2) is 40.2 Å². The summed E-state index contributed by atoms with van der Waals surface area (Å²) < 4.78 is 1.17. The summed E-state index contributed by atoms with van der Waals surface area (Å²) in [7, 11) is 0. The Kier molecular flexibility index (Phi) is 3.44. The molecule has 94 valence electrons. The lowest BCUT2D eigenvalue weighted by atomic mass is 10.1. The summed E-state index contributed by atoms with van der Waals surface area (Å²) in [6.45, 7) is 2.12. The number of hydrogen-bond acceptors (Lipinski definition) is 2. The predicted molar refractivity (Wildman–Crippen MR) is 82.3 cm³/mol. The van der Waals surface area contributed by atoms with E-state index in [-0.39, 0.29) is 0 Å². The van der Waals surface area contributed by atoms with Gasteiger partial charge in [0.1, 0.15) is 0 Å². The molecule has 0 amide bonds. The average molecular weight is 322 g/mol. The van der Waals surface area contributed by atoms with E-state index in [0.29, 0.717) is 6.04 Å². The molecule has 0 bridgehead atoms. The van der Waals surface area contributed by atoms with Gasteiger partial charge in [-0.3, -0.25) is 0 Å². The number of halogens is 1. The number of anilines is 1. The Morgan fingerprint density at radius 2 is 2.17 bits per heavy atom. The lowest BCUT2D eigenvalue weighted by Crippen LogP contribution is -2.11. The molecule has 1 nitrogen and oxygen atoms in total. The standard InChI is InChI=1S/C15H16BrNS/c1-10-4-7-12(9-13(10)16)17-15(11-5-6-11)14-3-2-8-18-14/h2-4,7-9,11,15,17H,5-6H2,1H3. The fourth-order valence-corrected chi connectivity index (χ4v) is 3.43. The average Bonchev–Trinajstić information content (AvgIpc) is 3.05. The summed E-state index contributed by atoms with van der Waals surface area (Å²) in [4.78, 5) is 1.45. The number of benzene rings is 1. The second-order valence-electron chi connectivity index (χ2n) is 4.94. The van der Waals surface area contributed by atoms with E-state index in [9.17, 15) is 0 Å². The van der Waals surface area contributed by atoms with Gasteiger partial charge in [-0.25, -0.2) is 0 Å². The van der Waals surface area contributed by atoms with Gasteiger partial charge in [-0.15, -0.1) is 11.3 Å². The highest BCUT2D eigenvalue weighted by atomic mass is 79.9. The number of thiophene rings is 1. The summed E-state index contributed by atoms with van der Waals surface area (Å²) in [6, 6.07) is 11.4. The monoisotopic (exact) mass is 321 g/mol. The summed E-state index contributed by atoms with van der Waals surface area (Å²) in [5.74, 6) is 0.809. The topological polar surface area (TPSA) is 12.0 Å². The lowest BCUT2D eigenvalue weighted by molar-refractivity contribution is 0.691. The van der Waals surface area contributed by atoms with Gasteiger partial charge >= 0.3 is 0 Å². The zero-order valence-electron chi connectivity index (χ0n) is 10.3. The van der Waals surface area contributed by atoms with Crippen LogP contribution in [-0.2, 0) is 0 Å². The normalized spacial score (nSPS) is 16.6. The molecule has 1 aromatic carbocycles.